The first-order chi connectivity index (χ1) is 9.24. The van der Waals surface area contributed by atoms with Crippen molar-refractivity contribution in [2.75, 3.05) is 12.3 Å². The van der Waals surface area contributed by atoms with Crippen molar-refractivity contribution in [3.63, 3.8) is 0 Å². The second-order valence-corrected chi connectivity index (χ2v) is 4.98. The van der Waals surface area contributed by atoms with Gasteiger partial charge in [-0.3, -0.25) is 0 Å². The maximum Gasteiger partial charge on any atom is 0.357 e. The van der Waals surface area contributed by atoms with Gasteiger partial charge in [0.25, 0.3) is 0 Å². The van der Waals surface area contributed by atoms with E-state index < -0.39 is 5.97 Å². The zero-order valence-corrected chi connectivity index (χ0v) is 10.6. The first-order valence-corrected chi connectivity index (χ1v) is 6.56. The Labute approximate surface area is 111 Å². The minimum atomic E-state index is -0.391. The highest BCUT2D eigenvalue weighted by atomic mass is 16.5. The summed E-state index contributed by atoms with van der Waals surface area (Å²) >= 11 is 0. The Hall–Kier alpha value is -2.10. The molecule has 1 aromatic carbocycles. The molecule has 1 aliphatic carbocycles. The average Bonchev–Trinajstić information content (AvgIpc) is 3.23. The van der Waals surface area contributed by atoms with Crippen molar-refractivity contribution < 1.29 is 9.53 Å². The van der Waals surface area contributed by atoms with E-state index in [1.54, 1.807) is 6.07 Å². The van der Waals surface area contributed by atoms with Crippen molar-refractivity contribution in [2.45, 2.75) is 19.3 Å². The molecule has 2 aromatic rings. The number of aromatic nitrogens is 1. The molecular weight excluding hydrogens is 240 g/mol. The smallest absolute Gasteiger partial charge is 0.357 e. The molecule has 0 unspecified atom stereocenters. The molecule has 3 rings (SSSR count). The molecule has 1 fully saturated rings. The van der Waals surface area contributed by atoms with E-state index in [0.29, 0.717) is 12.3 Å². The van der Waals surface area contributed by atoms with Crippen LogP contribution in [0.3, 0.4) is 0 Å². The van der Waals surface area contributed by atoms with Crippen LogP contribution in [0.15, 0.2) is 30.3 Å². The molecule has 0 saturated heterocycles. The van der Waals surface area contributed by atoms with Crippen LogP contribution in [0.25, 0.3) is 10.9 Å². The maximum atomic E-state index is 11.9. The predicted octanol–water partition coefficient (Wildman–Crippen LogP) is 2.77. The van der Waals surface area contributed by atoms with Gasteiger partial charge in [0.15, 0.2) is 5.69 Å². The van der Waals surface area contributed by atoms with E-state index in [9.17, 15) is 4.79 Å². The van der Waals surface area contributed by atoms with Crippen molar-refractivity contribution in [1.29, 1.82) is 0 Å². The molecule has 1 aromatic heterocycles. The van der Waals surface area contributed by atoms with Crippen molar-refractivity contribution >= 4 is 22.6 Å². The van der Waals surface area contributed by atoms with Gasteiger partial charge in [-0.25, -0.2) is 9.78 Å². The van der Waals surface area contributed by atoms with Crippen molar-refractivity contribution in [2.24, 2.45) is 5.92 Å². The maximum absolute atomic E-state index is 11.9. The molecule has 4 nitrogen and oxygen atoms in total. The summed E-state index contributed by atoms with van der Waals surface area (Å²) in [6.45, 7) is 0.470. The molecule has 1 aliphatic rings. The number of nitrogens with zero attached hydrogens (tertiary/aromatic N) is 1. The van der Waals surface area contributed by atoms with E-state index in [1.165, 1.54) is 12.8 Å². The lowest BCUT2D eigenvalue weighted by molar-refractivity contribution is 0.0488. The first-order valence-electron chi connectivity index (χ1n) is 6.56. The summed E-state index contributed by atoms with van der Waals surface area (Å²) in [5.74, 6) is 0.362. The fourth-order valence-electron chi connectivity index (χ4n) is 2.11. The number of fused-ring (bicyclic) bond motifs is 1. The van der Waals surface area contributed by atoms with E-state index >= 15 is 0 Å². The van der Waals surface area contributed by atoms with Crippen LogP contribution in [0.2, 0.25) is 0 Å². The summed E-state index contributed by atoms with van der Waals surface area (Å²) in [6, 6.07) is 9.08. The summed E-state index contributed by atoms with van der Waals surface area (Å²) in [4.78, 5) is 16.2. The monoisotopic (exact) mass is 256 g/mol. The van der Waals surface area contributed by atoms with Crippen LogP contribution in [0.5, 0.6) is 0 Å². The molecule has 0 bridgehead atoms. The number of anilines is 1. The zero-order valence-electron chi connectivity index (χ0n) is 10.6. The highest BCUT2D eigenvalue weighted by molar-refractivity contribution is 5.96. The van der Waals surface area contributed by atoms with Gasteiger partial charge in [0, 0.05) is 11.1 Å². The molecule has 1 heterocycles. The van der Waals surface area contributed by atoms with E-state index in [4.69, 9.17) is 10.5 Å². The molecule has 4 heteroatoms. The molecular formula is C15H16N2O2. The number of pyridine rings is 1. The van der Waals surface area contributed by atoms with Crippen molar-refractivity contribution in [3.8, 4) is 0 Å². The molecule has 19 heavy (non-hydrogen) atoms. The highest BCUT2D eigenvalue weighted by Crippen LogP contribution is 2.32. The van der Waals surface area contributed by atoms with Gasteiger partial charge in [0.1, 0.15) is 0 Å². The molecule has 2 N–H and O–H groups in total. The Morgan fingerprint density at radius 3 is 2.95 bits per heavy atom. The third-order valence-corrected chi connectivity index (χ3v) is 3.41. The average molecular weight is 256 g/mol. The van der Waals surface area contributed by atoms with E-state index in [0.717, 1.165) is 23.2 Å². The number of para-hydroxylation sites is 1. The van der Waals surface area contributed by atoms with Crippen LogP contribution in [0.1, 0.15) is 29.8 Å². The van der Waals surface area contributed by atoms with Crippen LogP contribution >= 0.6 is 0 Å². The second-order valence-electron chi connectivity index (χ2n) is 4.98. The molecule has 0 radical (unpaired) electrons. The number of carbonyl (C=O) groups is 1. The van der Waals surface area contributed by atoms with Gasteiger partial charge in [0.05, 0.1) is 12.1 Å². The number of carbonyl (C=O) groups excluding carboxylic acids is 1. The predicted molar refractivity (Wildman–Crippen MR) is 73.8 cm³/mol. The summed E-state index contributed by atoms with van der Waals surface area (Å²) < 4.78 is 5.23. The van der Waals surface area contributed by atoms with Crippen LogP contribution in [-0.4, -0.2) is 17.6 Å². The van der Waals surface area contributed by atoms with Crippen molar-refractivity contribution in [1.82, 2.24) is 4.98 Å². The first kappa shape index (κ1) is 12.0. The molecule has 0 aliphatic heterocycles. The Balaban J connectivity index is 1.77. The number of ether oxygens (including phenoxy) is 1. The number of rotatable bonds is 4. The minimum absolute atomic E-state index is 0.284. The van der Waals surface area contributed by atoms with Gasteiger partial charge in [-0.2, -0.15) is 0 Å². The van der Waals surface area contributed by atoms with E-state index in [2.05, 4.69) is 4.98 Å². The fraction of sp³-hybridized carbons (Fsp3) is 0.333. The molecule has 0 amide bonds. The van der Waals surface area contributed by atoms with Gasteiger partial charge in [-0.1, -0.05) is 31.0 Å². The Morgan fingerprint density at radius 2 is 2.16 bits per heavy atom. The normalized spacial score (nSPS) is 14.5. The van der Waals surface area contributed by atoms with Gasteiger partial charge < -0.3 is 10.5 Å². The lowest BCUT2D eigenvalue weighted by atomic mass is 10.1. The van der Waals surface area contributed by atoms with Gasteiger partial charge in [0.2, 0.25) is 0 Å². The summed E-state index contributed by atoms with van der Waals surface area (Å²) in [5.41, 5.74) is 7.49. The van der Waals surface area contributed by atoms with Crippen LogP contribution < -0.4 is 5.73 Å². The summed E-state index contributed by atoms with van der Waals surface area (Å²) in [7, 11) is 0. The van der Waals surface area contributed by atoms with Gasteiger partial charge >= 0.3 is 5.97 Å². The Kier molecular flexibility index (Phi) is 3.07. The number of esters is 1. The summed E-state index contributed by atoms with van der Waals surface area (Å²) in [5, 5.41) is 0.858. The number of nitrogens with two attached hydrogens (primary N) is 1. The van der Waals surface area contributed by atoms with Crippen molar-refractivity contribution in [3.05, 3.63) is 36.0 Å². The third kappa shape index (κ3) is 2.67. The second kappa shape index (κ2) is 4.88. The topological polar surface area (TPSA) is 65.2 Å². The Bertz CT molecular complexity index is 621. The van der Waals surface area contributed by atoms with Crippen LogP contribution in [-0.2, 0) is 4.74 Å². The quantitative estimate of drug-likeness (QED) is 0.854. The third-order valence-electron chi connectivity index (χ3n) is 3.41. The lowest BCUT2D eigenvalue weighted by Crippen LogP contribution is -2.09. The molecule has 1 saturated carbocycles. The molecule has 0 spiro atoms. The molecule has 98 valence electrons. The van der Waals surface area contributed by atoms with E-state index in [-0.39, 0.29) is 5.69 Å². The number of nitrogen functional groups attached to an aromatic ring is 1. The number of hydrogen-bond donors (Lipinski definition) is 1. The molecule has 0 atom stereocenters. The van der Waals surface area contributed by atoms with Crippen LogP contribution in [0, 0.1) is 5.92 Å². The SMILES string of the molecule is Nc1cc(C(=O)OCCC2CC2)nc2ccccc12. The lowest BCUT2D eigenvalue weighted by Gasteiger charge is -2.06. The Morgan fingerprint density at radius 1 is 1.37 bits per heavy atom. The number of hydrogen-bond acceptors (Lipinski definition) is 4. The fourth-order valence-corrected chi connectivity index (χ4v) is 2.11. The largest absolute Gasteiger partial charge is 0.461 e. The highest BCUT2D eigenvalue weighted by Gasteiger charge is 2.21. The van der Waals surface area contributed by atoms with Crippen LogP contribution in [0.4, 0.5) is 5.69 Å². The zero-order chi connectivity index (χ0) is 13.2. The summed E-state index contributed by atoms with van der Waals surface area (Å²) in [6.07, 6.45) is 3.48. The van der Waals surface area contributed by atoms with Gasteiger partial charge in [-0.15, -0.1) is 0 Å². The van der Waals surface area contributed by atoms with E-state index in [1.807, 2.05) is 24.3 Å². The van der Waals surface area contributed by atoms with Gasteiger partial charge in [-0.05, 0) is 24.5 Å². The standard InChI is InChI=1S/C15H16N2O2/c16-12-9-14(15(18)19-8-7-10-5-6-10)17-13-4-2-1-3-11(12)13/h1-4,9-10H,5-8H2,(H2,16,17). The minimum Gasteiger partial charge on any atom is -0.461 e. The number of benzene rings is 1.